The van der Waals surface area contributed by atoms with E-state index in [4.69, 9.17) is 9.25 Å². The van der Waals surface area contributed by atoms with E-state index in [0.717, 1.165) is 30.4 Å². The zero-order valence-corrected chi connectivity index (χ0v) is 13.3. The van der Waals surface area contributed by atoms with Crippen LogP contribution < -0.4 is 15.9 Å². The first-order chi connectivity index (χ1) is 11.0. The molecule has 0 aliphatic heterocycles. The van der Waals surface area contributed by atoms with Crippen LogP contribution in [0.3, 0.4) is 0 Å². The molecule has 1 amide bonds. The largest absolute Gasteiger partial charge is 0.453 e. The molecule has 0 radical (unpaired) electrons. The number of hydrogen-bond acceptors (Lipinski definition) is 5. The lowest BCUT2D eigenvalue weighted by Gasteiger charge is -2.05. The van der Waals surface area contributed by atoms with Crippen LogP contribution in [0.15, 0.2) is 27.4 Å². The van der Waals surface area contributed by atoms with Gasteiger partial charge >= 0.3 is 11.8 Å². The molecule has 7 heteroatoms. The van der Waals surface area contributed by atoms with E-state index in [2.05, 4.69) is 12.2 Å². The van der Waals surface area contributed by atoms with E-state index in [1.165, 1.54) is 19.1 Å². The van der Waals surface area contributed by atoms with E-state index in [0.29, 0.717) is 17.6 Å². The fraction of sp³-hybridized carbons (Fsp3) is 0.438. The van der Waals surface area contributed by atoms with E-state index in [1.54, 1.807) is 6.07 Å². The van der Waals surface area contributed by atoms with Gasteiger partial charge in [-0.3, -0.25) is 4.79 Å². The number of ketones is 1. The molecule has 1 heterocycles. The monoisotopic (exact) mass is 320 g/mol. The molecule has 0 unspecified atom stereocenters. The average molecular weight is 320 g/mol. The molecule has 0 saturated carbocycles. The number of oxazole rings is 1. The second-order valence-corrected chi connectivity index (χ2v) is 5.27. The highest BCUT2D eigenvalue weighted by atomic mass is 16.7. The molecule has 2 rings (SSSR count). The number of nitrogens with zero attached hydrogens (tertiary/aromatic N) is 1. The molecule has 0 fully saturated rings. The Labute approximate surface area is 133 Å². The number of Topliss-reactive ketones (excluding diaryl/α,β-unsaturated/α-hetero) is 1. The first-order valence-corrected chi connectivity index (χ1v) is 7.65. The molecule has 0 atom stereocenters. The molecule has 1 aromatic carbocycles. The number of fused-ring (bicyclic) bond motifs is 1. The van der Waals surface area contributed by atoms with Gasteiger partial charge in [-0.05, 0) is 31.5 Å². The summed E-state index contributed by atoms with van der Waals surface area (Å²) in [5.74, 6) is -0.963. The Hall–Kier alpha value is -2.57. The predicted molar refractivity (Wildman–Crippen MR) is 84.6 cm³/mol. The topological polar surface area (TPSA) is 90.5 Å². The maximum absolute atomic E-state index is 11.8. The fourth-order valence-corrected chi connectivity index (χ4v) is 2.16. The maximum Gasteiger partial charge on any atom is 0.453 e. The quantitative estimate of drug-likeness (QED) is 0.625. The van der Waals surface area contributed by atoms with Crippen LogP contribution in [0.2, 0.25) is 0 Å². The number of amides is 1. The van der Waals surface area contributed by atoms with Gasteiger partial charge in [-0.1, -0.05) is 30.9 Å². The van der Waals surface area contributed by atoms with Crippen LogP contribution in [0.5, 0.6) is 0 Å². The summed E-state index contributed by atoms with van der Waals surface area (Å²) in [7, 11) is 0. The lowest BCUT2D eigenvalue weighted by molar-refractivity contribution is 0.101. The van der Waals surface area contributed by atoms with E-state index in [-0.39, 0.29) is 11.4 Å². The van der Waals surface area contributed by atoms with Gasteiger partial charge < -0.3 is 14.6 Å². The molecule has 0 spiro atoms. The molecule has 0 aliphatic rings. The molecule has 7 nitrogen and oxygen atoms in total. The van der Waals surface area contributed by atoms with E-state index >= 15 is 0 Å². The normalized spacial score (nSPS) is 10.7. The van der Waals surface area contributed by atoms with Gasteiger partial charge in [0.25, 0.3) is 0 Å². The molecular formula is C16H20N2O5. The van der Waals surface area contributed by atoms with Crippen molar-refractivity contribution in [3.05, 3.63) is 34.3 Å². The Bertz CT molecular complexity index is 759. The number of rotatable bonds is 7. The minimum Gasteiger partial charge on any atom is -0.405 e. The number of aromatic nitrogens is 1. The van der Waals surface area contributed by atoms with Crippen molar-refractivity contribution >= 4 is 23.0 Å². The molecule has 0 bridgehead atoms. The molecule has 0 aliphatic carbocycles. The number of carbonyl (C=O) groups is 2. The Morgan fingerprint density at radius 2 is 2.04 bits per heavy atom. The highest BCUT2D eigenvalue weighted by Gasteiger charge is 2.15. The van der Waals surface area contributed by atoms with Crippen molar-refractivity contribution in [2.24, 2.45) is 0 Å². The predicted octanol–water partition coefficient (Wildman–Crippen LogP) is 2.52. The molecule has 0 saturated heterocycles. The van der Waals surface area contributed by atoms with Crippen molar-refractivity contribution in [3.8, 4) is 0 Å². The third kappa shape index (κ3) is 4.21. The smallest absolute Gasteiger partial charge is 0.405 e. The molecular weight excluding hydrogens is 300 g/mol. The third-order valence-electron chi connectivity index (χ3n) is 3.42. The van der Waals surface area contributed by atoms with Crippen molar-refractivity contribution in [1.82, 2.24) is 10.0 Å². The van der Waals surface area contributed by atoms with Gasteiger partial charge in [-0.2, -0.15) is 0 Å². The summed E-state index contributed by atoms with van der Waals surface area (Å²) in [6.45, 7) is 4.01. The van der Waals surface area contributed by atoms with Crippen molar-refractivity contribution < 1.29 is 18.8 Å². The second kappa shape index (κ2) is 7.62. The van der Waals surface area contributed by atoms with Gasteiger partial charge in [0.2, 0.25) is 0 Å². The average Bonchev–Trinajstić information content (AvgIpc) is 2.82. The van der Waals surface area contributed by atoms with Crippen molar-refractivity contribution in [1.29, 1.82) is 0 Å². The molecule has 23 heavy (non-hydrogen) atoms. The summed E-state index contributed by atoms with van der Waals surface area (Å²) in [6.07, 6.45) is 3.39. The minimum atomic E-state index is -0.818. The van der Waals surface area contributed by atoms with E-state index in [1.807, 2.05) is 0 Å². The molecule has 124 valence electrons. The van der Waals surface area contributed by atoms with Crippen molar-refractivity contribution in [2.75, 3.05) is 6.54 Å². The Morgan fingerprint density at radius 1 is 1.26 bits per heavy atom. The summed E-state index contributed by atoms with van der Waals surface area (Å²) >= 11 is 0. The van der Waals surface area contributed by atoms with Gasteiger partial charge in [-0.25, -0.2) is 9.59 Å². The third-order valence-corrected chi connectivity index (χ3v) is 3.42. The summed E-state index contributed by atoms with van der Waals surface area (Å²) in [5.41, 5.74) is 0.901. The lowest BCUT2D eigenvalue weighted by Crippen LogP contribution is -2.36. The van der Waals surface area contributed by atoms with Crippen LogP contribution in [0, 0.1) is 0 Å². The zero-order chi connectivity index (χ0) is 16.8. The highest BCUT2D eigenvalue weighted by Crippen LogP contribution is 2.14. The standard InChI is InChI=1S/C16H20N2O5/c1-3-4-5-6-9-17-15(20)23-18-13-8-7-12(11(2)19)10-14(13)22-16(18)21/h7-8,10H,3-6,9H2,1-2H3,(H,17,20). The lowest BCUT2D eigenvalue weighted by atomic mass is 10.1. The zero-order valence-electron chi connectivity index (χ0n) is 13.3. The van der Waals surface area contributed by atoms with E-state index in [9.17, 15) is 14.4 Å². The number of hydrogen-bond donors (Lipinski definition) is 1. The first-order valence-electron chi connectivity index (χ1n) is 7.65. The summed E-state index contributed by atoms with van der Waals surface area (Å²) < 4.78 is 5.78. The number of nitrogens with one attached hydrogen (secondary N) is 1. The molecule has 2 aromatic rings. The van der Waals surface area contributed by atoms with Crippen molar-refractivity contribution in [2.45, 2.75) is 39.5 Å². The van der Waals surface area contributed by atoms with Crippen LogP contribution in [-0.4, -0.2) is 23.2 Å². The minimum absolute atomic E-state index is 0.145. The van der Waals surface area contributed by atoms with Crippen LogP contribution in [0.4, 0.5) is 4.79 Å². The molecule has 1 N–H and O–H groups in total. The van der Waals surface area contributed by atoms with Gasteiger partial charge in [0.15, 0.2) is 11.4 Å². The van der Waals surface area contributed by atoms with Crippen LogP contribution in [0.1, 0.15) is 49.9 Å². The van der Waals surface area contributed by atoms with Gasteiger partial charge in [0.1, 0.15) is 5.52 Å². The Morgan fingerprint density at radius 3 is 2.74 bits per heavy atom. The Kier molecular flexibility index (Phi) is 5.56. The van der Waals surface area contributed by atoms with Crippen molar-refractivity contribution in [3.63, 3.8) is 0 Å². The summed E-state index contributed by atoms with van der Waals surface area (Å²) in [5, 5.41) is 2.58. The first kappa shape index (κ1) is 16.8. The van der Waals surface area contributed by atoms with Gasteiger partial charge in [0.05, 0.1) is 0 Å². The summed E-state index contributed by atoms with van der Waals surface area (Å²) in [4.78, 5) is 39.8. The maximum atomic E-state index is 11.8. The second-order valence-electron chi connectivity index (χ2n) is 5.27. The Balaban J connectivity index is 2.05. The van der Waals surface area contributed by atoms with Gasteiger partial charge in [-0.15, -0.1) is 0 Å². The van der Waals surface area contributed by atoms with Crippen LogP contribution in [0.25, 0.3) is 11.1 Å². The number of benzene rings is 1. The highest BCUT2D eigenvalue weighted by molar-refractivity contribution is 5.96. The van der Waals surface area contributed by atoms with Crippen LogP contribution in [-0.2, 0) is 0 Å². The van der Waals surface area contributed by atoms with Gasteiger partial charge in [0, 0.05) is 12.1 Å². The van der Waals surface area contributed by atoms with Crippen LogP contribution >= 0.6 is 0 Å². The fourth-order valence-electron chi connectivity index (χ4n) is 2.16. The SMILES string of the molecule is CCCCCCNC(=O)On1c(=O)oc2cc(C(C)=O)ccc21. The number of carbonyl (C=O) groups excluding carboxylic acids is 2. The summed E-state index contributed by atoms with van der Waals surface area (Å²) in [6, 6.07) is 4.50. The molecule has 1 aromatic heterocycles. The number of unbranched alkanes of at least 4 members (excludes halogenated alkanes) is 3. The van der Waals surface area contributed by atoms with E-state index < -0.39 is 11.8 Å².